The molecule has 0 spiro atoms. The molecular formula is C11H17N3. The number of hydrogen-bond donors (Lipinski definition) is 2. The van der Waals surface area contributed by atoms with E-state index in [2.05, 4.69) is 16.5 Å². The minimum Gasteiger partial charge on any atom is -0.271 e. The van der Waals surface area contributed by atoms with Gasteiger partial charge in [-0.05, 0) is 32.4 Å². The van der Waals surface area contributed by atoms with Gasteiger partial charge < -0.3 is 0 Å². The van der Waals surface area contributed by atoms with Crippen LogP contribution in [0.1, 0.15) is 31.1 Å². The summed E-state index contributed by atoms with van der Waals surface area (Å²) in [4.78, 5) is 4.23. The molecule has 0 amide bonds. The van der Waals surface area contributed by atoms with Crippen molar-refractivity contribution in [3.63, 3.8) is 0 Å². The van der Waals surface area contributed by atoms with E-state index in [1.54, 1.807) is 0 Å². The highest BCUT2D eigenvalue weighted by atomic mass is 15.2. The Morgan fingerprint density at radius 3 is 2.64 bits per heavy atom. The molecule has 0 radical (unpaired) electrons. The number of nitrogens with zero attached hydrogens (tertiary/aromatic N) is 1. The fourth-order valence-electron chi connectivity index (χ4n) is 1.24. The average molecular weight is 191 g/mol. The van der Waals surface area contributed by atoms with Gasteiger partial charge in [-0.2, -0.15) is 0 Å². The Labute approximate surface area is 85.0 Å². The zero-order valence-electron chi connectivity index (χ0n) is 8.91. The van der Waals surface area contributed by atoms with Gasteiger partial charge >= 0.3 is 0 Å². The monoisotopic (exact) mass is 191 g/mol. The minimum absolute atomic E-state index is 0.0492. The first-order valence-electron chi connectivity index (χ1n) is 4.67. The normalized spacial score (nSPS) is 12.3. The Morgan fingerprint density at radius 2 is 2.21 bits per heavy atom. The summed E-state index contributed by atoms with van der Waals surface area (Å²) in [6.07, 6.45) is 3.92. The number of nitrogens with two attached hydrogens (primary N) is 1. The van der Waals surface area contributed by atoms with E-state index in [1.807, 2.05) is 39.1 Å². The number of hydrazine groups is 1. The molecule has 0 aliphatic carbocycles. The van der Waals surface area contributed by atoms with Crippen LogP contribution in [0.4, 0.5) is 0 Å². The molecule has 1 heterocycles. The lowest BCUT2D eigenvalue weighted by atomic mass is 10.1. The summed E-state index contributed by atoms with van der Waals surface area (Å²) in [6.45, 7) is 6.06. The highest BCUT2D eigenvalue weighted by Crippen LogP contribution is 2.14. The molecule has 3 N–H and O–H groups in total. The van der Waals surface area contributed by atoms with E-state index in [0.29, 0.717) is 0 Å². The van der Waals surface area contributed by atoms with Crippen molar-refractivity contribution >= 4 is 0 Å². The van der Waals surface area contributed by atoms with Gasteiger partial charge in [0.15, 0.2) is 0 Å². The van der Waals surface area contributed by atoms with Crippen molar-refractivity contribution in [3.8, 4) is 0 Å². The Hall–Kier alpha value is -1.19. The molecule has 14 heavy (non-hydrogen) atoms. The summed E-state index contributed by atoms with van der Waals surface area (Å²) in [7, 11) is 0. The van der Waals surface area contributed by atoms with Crippen molar-refractivity contribution < 1.29 is 0 Å². The molecule has 1 unspecified atom stereocenters. The highest BCUT2D eigenvalue weighted by Gasteiger charge is 2.05. The Morgan fingerprint density at radius 1 is 1.50 bits per heavy atom. The number of aromatic nitrogens is 1. The first-order chi connectivity index (χ1) is 6.63. The summed E-state index contributed by atoms with van der Waals surface area (Å²) in [5.41, 5.74) is 6.08. The van der Waals surface area contributed by atoms with Crippen molar-refractivity contribution in [3.05, 3.63) is 41.2 Å². The van der Waals surface area contributed by atoms with Gasteiger partial charge in [0.1, 0.15) is 0 Å². The van der Waals surface area contributed by atoms with E-state index >= 15 is 0 Å². The predicted octanol–water partition coefficient (Wildman–Crippen LogP) is 1.86. The van der Waals surface area contributed by atoms with Gasteiger partial charge in [0.25, 0.3) is 0 Å². The van der Waals surface area contributed by atoms with E-state index < -0.39 is 0 Å². The van der Waals surface area contributed by atoms with E-state index in [0.717, 1.165) is 11.3 Å². The number of aryl methyl sites for hydroxylation is 1. The van der Waals surface area contributed by atoms with Crippen LogP contribution in [0.5, 0.6) is 0 Å². The molecule has 0 aromatic carbocycles. The second-order valence-electron chi connectivity index (χ2n) is 3.62. The minimum atomic E-state index is 0.0492. The van der Waals surface area contributed by atoms with Crippen LogP contribution in [0.3, 0.4) is 0 Å². The van der Waals surface area contributed by atoms with Crippen LogP contribution in [-0.4, -0.2) is 4.98 Å². The van der Waals surface area contributed by atoms with Crippen LogP contribution in [0, 0.1) is 6.92 Å². The van der Waals surface area contributed by atoms with Crippen molar-refractivity contribution in [1.82, 2.24) is 10.4 Å². The van der Waals surface area contributed by atoms with Crippen molar-refractivity contribution in [2.45, 2.75) is 26.8 Å². The summed E-state index contributed by atoms with van der Waals surface area (Å²) < 4.78 is 0. The topological polar surface area (TPSA) is 50.9 Å². The molecule has 1 rings (SSSR count). The summed E-state index contributed by atoms with van der Waals surface area (Å²) in [5.74, 6) is 5.47. The lowest BCUT2D eigenvalue weighted by Crippen LogP contribution is -2.26. The van der Waals surface area contributed by atoms with Crippen molar-refractivity contribution in [1.29, 1.82) is 0 Å². The van der Waals surface area contributed by atoms with E-state index in [4.69, 9.17) is 5.84 Å². The molecule has 0 aliphatic heterocycles. The van der Waals surface area contributed by atoms with Crippen LogP contribution < -0.4 is 11.3 Å². The van der Waals surface area contributed by atoms with Gasteiger partial charge in [-0.3, -0.25) is 10.8 Å². The fraction of sp³-hybridized carbons (Fsp3) is 0.364. The van der Waals surface area contributed by atoms with Crippen LogP contribution in [0.2, 0.25) is 0 Å². The smallest absolute Gasteiger partial charge is 0.0658 e. The first-order valence-corrected chi connectivity index (χ1v) is 4.67. The molecule has 0 fully saturated rings. The van der Waals surface area contributed by atoms with Crippen molar-refractivity contribution in [2.75, 3.05) is 0 Å². The number of allylic oxidation sites excluding steroid dienone is 1. The second kappa shape index (κ2) is 4.88. The van der Waals surface area contributed by atoms with Gasteiger partial charge in [0.2, 0.25) is 0 Å². The lowest BCUT2D eigenvalue weighted by Gasteiger charge is -2.12. The van der Waals surface area contributed by atoms with E-state index in [9.17, 15) is 0 Å². The average Bonchev–Trinajstić information content (AvgIpc) is 2.15. The standard InChI is InChI=1S/C11H17N3/c1-8(2)6-11(14-12)10-5-4-9(3)13-7-10/h4-7,11,14H,12H2,1-3H3. The van der Waals surface area contributed by atoms with Crippen LogP contribution in [0.25, 0.3) is 0 Å². The Balaban J connectivity index is 2.90. The third-order valence-electron chi connectivity index (χ3n) is 1.97. The van der Waals surface area contributed by atoms with Crippen LogP contribution in [0.15, 0.2) is 30.0 Å². The molecule has 0 aliphatic rings. The molecule has 76 valence electrons. The Bertz CT molecular complexity index is 310. The third kappa shape index (κ3) is 2.94. The molecule has 0 bridgehead atoms. The molecule has 1 atom stereocenters. The largest absolute Gasteiger partial charge is 0.271 e. The SMILES string of the molecule is CC(C)=CC(NN)c1ccc(C)nc1. The van der Waals surface area contributed by atoms with Gasteiger partial charge in [-0.1, -0.05) is 17.7 Å². The van der Waals surface area contributed by atoms with Gasteiger partial charge in [-0.25, -0.2) is 5.43 Å². The number of nitrogens with one attached hydrogen (secondary N) is 1. The number of rotatable bonds is 3. The van der Waals surface area contributed by atoms with Gasteiger partial charge in [0.05, 0.1) is 6.04 Å². The fourth-order valence-corrected chi connectivity index (χ4v) is 1.24. The molecule has 1 aromatic rings. The molecular weight excluding hydrogens is 174 g/mol. The quantitative estimate of drug-likeness (QED) is 0.435. The van der Waals surface area contributed by atoms with E-state index in [1.165, 1.54) is 5.57 Å². The molecule has 0 saturated heterocycles. The maximum atomic E-state index is 5.47. The zero-order chi connectivity index (χ0) is 10.6. The second-order valence-corrected chi connectivity index (χ2v) is 3.62. The summed E-state index contributed by atoms with van der Waals surface area (Å²) in [5, 5.41) is 0. The molecule has 3 heteroatoms. The first kappa shape index (κ1) is 10.9. The predicted molar refractivity (Wildman–Crippen MR) is 58.5 cm³/mol. The van der Waals surface area contributed by atoms with E-state index in [-0.39, 0.29) is 6.04 Å². The van der Waals surface area contributed by atoms with Crippen molar-refractivity contribution in [2.24, 2.45) is 5.84 Å². The summed E-state index contributed by atoms with van der Waals surface area (Å²) >= 11 is 0. The molecule has 1 aromatic heterocycles. The Kier molecular flexibility index (Phi) is 3.80. The molecule has 3 nitrogen and oxygen atoms in total. The highest BCUT2D eigenvalue weighted by molar-refractivity contribution is 5.22. The third-order valence-corrected chi connectivity index (χ3v) is 1.97. The molecule has 0 saturated carbocycles. The van der Waals surface area contributed by atoms with Crippen LogP contribution in [-0.2, 0) is 0 Å². The summed E-state index contributed by atoms with van der Waals surface area (Å²) in [6, 6.07) is 4.07. The number of hydrogen-bond acceptors (Lipinski definition) is 3. The maximum Gasteiger partial charge on any atom is 0.0658 e. The van der Waals surface area contributed by atoms with Crippen LogP contribution >= 0.6 is 0 Å². The van der Waals surface area contributed by atoms with Gasteiger partial charge in [-0.15, -0.1) is 0 Å². The zero-order valence-corrected chi connectivity index (χ0v) is 8.91. The lowest BCUT2D eigenvalue weighted by molar-refractivity contribution is 0.649. The van der Waals surface area contributed by atoms with Gasteiger partial charge in [0, 0.05) is 11.9 Å². The number of pyridine rings is 1. The maximum absolute atomic E-state index is 5.47.